The van der Waals surface area contributed by atoms with E-state index in [2.05, 4.69) is 5.32 Å². The summed E-state index contributed by atoms with van der Waals surface area (Å²) in [5, 5.41) is 2.91. The Bertz CT molecular complexity index is 1090. The normalized spacial score (nSPS) is 15.8. The molecule has 166 valence electrons. The van der Waals surface area contributed by atoms with Crippen LogP contribution in [0.4, 0.5) is 4.39 Å². The van der Waals surface area contributed by atoms with Gasteiger partial charge in [-0.15, -0.1) is 0 Å². The van der Waals surface area contributed by atoms with E-state index >= 15 is 0 Å². The second-order valence-corrected chi connectivity index (χ2v) is 7.29. The van der Waals surface area contributed by atoms with Gasteiger partial charge in [-0.2, -0.15) is 0 Å². The highest BCUT2D eigenvalue weighted by atomic mass is 19.1. The van der Waals surface area contributed by atoms with Crippen molar-refractivity contribution >= 4 is 11.9 Å². The average Bonchev–Trinajstić information content (AvgIpc) is 3.28. The van der Waals surface area contributed by atoms with E-state index in [1.54, 1.807) is 6.07 Å². The van der Waals surface area contributed by atoms with E-state index in [-0.39, 0.29) is 24.2 Å². The predicted molar refractivity (Wildman–Crippen MR) is 112 cm³/mol. The maximum absolute atomic E-state index is 12.9. The smallest absolute Gasteiger partial charge is 0.375 e. The van der Waals surface area contributed by atoms with E-state index in [0.29, 0.717) is 24.5 Å². The van der Waals surface area contributed by atoms with Crippen LogP contribution in [0.2, 0.25) is 0 Å². The largest absolute Gasteiger partial charge is 0.493 e. The van der Waals surface area contributed by atoms with Gasteiger partial charge in [0.25, 0.3) is 5.91 Å². The molecule has 8 heteroatoms. The first-order valence-electron chi connectivity index (χ1n) is 10.2. The second kappa shape index (κ2) is 9.55. The zero-order chi connectivity index (χ0) is 22.5. The average molecular weight is 439 g/mol. The second-order valence-electron chi connectivity index (χ2n) is 7.29. The van der Waals surface area contributed by atoms with E-state index in [1.807, 2.05) is 24.3 Å². The summed E-state index contributed by atoms with van der Waals surface area (Å²) in [6, 6.07) is 15.9. The standard InChI is InChI=1S/C24H22FNO6/c1-15(23(27)26-20-12-13-29-21-5-3-2-4-19(20)21)31-24(28)22-11-10-18(32-22)14-30-17-8-6-16(25)7-9-17/h2-11,15,20H,12-14H2,1H3,(H,26,27). The van der Waals surface area contributed by atoms with Gasteiger partial charge in [-0.05, 0) is 49.4 Å². The van der Waals surface area contributed by atoms with Crippen LogP contribution in [0.25, 0.3) is 0 Å². The molecular formula is C24H22FNO6. The van der Waals surface area contributed by atoms with Gasteiger partial charge in [0, 0.05) is 12.0 Å². The number of carbonyl (C=O) groups excluding carboxylic acids is 2. The summed E-state index contributed by atoms with van der Waals surface area (Å²) in [5.74, 6) is 0.0154. The zero-order valence-electron chi connectivity index (χ0n) is 17.4. The van der Waals surface area contributed by atoms with Crippen molar-refractivity contribution < 1.29 is 32.6 Å². The Kier molecular flexibility index (Phi) is 6.39. The molecule has 0 saturated heterocycles. The number of ether oxygens (including phenoxy) is 3. The van der Waals surface area contributed by atoms with Gasteiger partial charge in [0.05, 0.1) is 12.6 Å². The number of amides is 1. The van der Waals surface area contributed by atoms with Crippen LogP contribution >= 0.6 is 0 Å². The summed E-state index contributed by atoms with van der Waals surface area (Å²) in [6.07, 6.45) is -0.388. The SMILES string of the molecule is CC(OC(=O)c1ccc(COc2ccc(F)cc2)o1)C(=O)NC1CCOc2ccccc21. The van der Waals surface area contributed by atoms with Crippen molar-refractivity contribution in [1.29, 1.82) is 0 Å². The van der Waals surface area contributed by atoms with Crippen LogP contribution in [0.3, 0.4) is 0 Å². The Morgan fingerprint density at radius 2 is 1.91 bits per heavy atom. The van der Waals surface area contributed by atoms with E-state index in [1.165, 1.54) is 37.3 Å². The van der Waals surface area contributed by atoms with E-state index < -0.39 is 18.0 Å². The number of halogens is 1. The topological polar surface area (TPSA) is 87.0 Å². The van der Waals surface area contributed by atoms with Gasteiger partial charge < -0.3 is 23.9 Å². The quantitative estimate of drug-likeness (QED) is 0.556. The maximum Gasteiger partial charge on any atom is 0.375 e. The number of furan rings is 1. The summed E-state index contributed by atoms with van der Waals surface area (Å²) >= 11 is 0. The van der Waals surface area contributed by atoms with Gasteiger partial charge in [-0.25, -0.2) is 9.18 Å². The van der Waals surface area contributed by atoms with E-state index in [4.69, 9.17) is 18.6 Å². The molecule has 0 saturated carbocycles. The minimum Gasteiger partial charge on any atom is -0.493 e. The van der Waals surface area contributed by atoms with Gasteiger partial charge in [0.15, 0.2) is 6.10 Å². The lowest BCUT2D eigenvalue weighted by atomic mass is 10.0. The van der Waals surface area contributed by atoms with E-state index in [0.717, 1.165) is 11.3 Å². The van der Waals surface area contributed by atoms with Gasteiger partial charge in [0.1, 0.15) is 29.7 Å². The van der Waals surface area contributed by atoms with Gasteiger partial charge >= 0.3 is 5.97 Å². The summed E-state index contributed by atoms with van der Waals surface area (Å²) in [5.41, 5.74) is 0.891. The molecule has 0 fully saturated rings. The number of benzene rings is 2. The molecule has 2 aromatic carbocycles. The zero-order valence-corrected chi connectivity index (χ0v) is 17.4. The summed E-state index contributed by atoms with van der Waals surface area (Å²) in [7, 11) is 0. The van der Waals surface area contributed by atoms with Crippen molar-refractivity contribution in [2.24, 2.45) is 0 Å². The van der Waals surface area contributed by atoms with Crippen LogP contribution in [0.5, 0.6) is 11.5 Å². The minimum atomic E-state index is -1.01. The minimum absolute atomic E-state index is 0.0428. The van der Waals surface area contributed by atoms with Gasteiger partial charge in [-0.1, -0.05) is 18.2 Å². The molecule has 4 rings (SSSR count). The van der Waals surface area contributed by atoms with Crippen molar-refractivity contribution in [3.63, 3.8) is 0 Å². The first-order valence-corrected chi connectivity index (χ1v) is 10.2. The maximum atomic E-state index is 12.9. The Morgan fingerprint density at radius 3 is 2.72 bits per heavy atom. The van der Waals surface area contributed by atoms with Crippen molar-refractivity contribution in [2.75, 3.05) is 6.61 Å². The molecule has 3 aromatic rings. The van der Waals surface area contributed by atoms with Crippen molar-refractivity contribution in [1.82, 2.24) is 5.32 Å². The molecule has 32 heavy (non-hydrogen) atoms. The van der Waals surface area contributed by atoms with Crippen molar-refractivity contribution in [2.45, 2.75) is 32.1 Å². The molecule has 1 amide bonds. The van der Waals surface area contributed by atoms with Crippen LogP contribution in [-0.2, 0) is 16.1 Å². The molecule has 0 bridgehead atoms. The third-order valence-electron chi connectivity index (χ3n) is 4.99. The number of carbonyl (C=O) groups is 2. The third kappa shape index (κ3) is 5.08. The molecule has 2 heterocycles. The first-order chi connectivity index (χ1) is 15.5. The van der Waals surface area contributed by atoms with Gasteiger partial charge in [-0.3, -0.25) is 4.79 Å². The lowest BCUT2D eigenvalue weighted by Crippen LogP contribution is -2.39. The Labute approximate surface area is 184 Å². The molecule has 0 radical (unpaired) electrons. The van der Waals surface area contributed by atoms with Crippen LogP contribution in [0.1, 0.15) is 41.3 Å². The van der Waals surface area contributed by atoms with Crippen LogP contribution in [0, 0.1) is 5.82 Å². The van der Waals surface area contributed by atoms with E-state index in [9.17, 15) is 14.0 Å². The highest BCUT2D eigenvalue weighted by Gasteiger charge is 2.27. The predicted octanol–water partition coefficient (Wildman–Crippen LogP) is 4.18. The van der Waals surface area contributed by atoms with Crippen LogP contribution < -0.4 is 14.8 Å². The number of hydrogen-bond acceptors (Lipinski definition) is 6. The lowest BCUT2D eigenvalue weighted by molar-refractivity contribution is -0.130. The molecule has 2 atom stereocenters. The first kappa shape index (κ1) is 21.4. The van der Waals surface area contributed by atoms with Gasteiger partial charge in [0.2, 0.25) is 5.76 Å². The molecule has 1 N–H and O–H groups in total. The Hall–Kier alpha value is -3.81. The number of hydrogen-bond donors (Lipinski definition) is 1. The van der Waals surface area contributed by atoms with Crippen LogP contribution in [0.15, 0.2) is 65.1 Å². The number of fused-ring (bicyclic) bond motifs is 1. The van der Waals surface area contributed by atoms with Crippen LogP contribution in [-0.4, -0.2) is 24.6 Å². The molecule has 0 spiro atoms. The number of para-hydroxylation sites is 1. The summed E-state index contributed by atoms with van der Waals surface area (Å²) in [6.45, 7) is 2.05. The monoisotopic (exact) mass is 439 g/mol. The Balaban J connectivity index is 1.30. The molecule has 1 aliphatic rings. The third-order valence-corrected chi connectivity index (χ3v) is 4.99. The fourth-order valence-electron chi connectivity index (χ4n) is 3.30. The molecule has 1 aliphatic heterocycles. The fraction of sp³-hybridized carbons (Fsp3) is 0.250. The lowest BCUT2D eigenvalue weighted by Gasteiger charge is -2.27. The summed E-state index contributed by atoms with van der Waals surface area (Å²) in [4.78, 5) is 24.9. The molecule has 2 unspecified atom stereocenters. The fourth-order valence-corrected chi connectivity index (χ4v) is 3.30. The Morgan fingerprint density at radius 1 is 1.12 bits per heavy atom. The number of nitrogens with one attached hydrogen (secondary N) is 1. The van der Waals surface area contributed by atoms with Crippen molar-refractivity contribution in [3.8, 4) is 11.5 Å². The molecule has 7 nitrogen and oxygen atoms in total. The summed E-state index contributed by atoms with van der Waals surface area (Å²) < 4.78 is 34.7. The highest BCUT2D eigenvalue weighted by molar-refractivity contribution is 5.90. The molecule has 1 aromatic heterocycles. The number of esters is 1. The van der Waals surface area contributed by atoms with Crippen molar-refractivity contribution in [3.05, 3.63) is 83.6 Å². The molecule has 0 aliphatic carbocycles. The number of rotatable bonds is 7. The molecular weight excluding hydrogens is 417 g/mol. The highest BCUT2D eigenvalue weighted by Crippen LogP contribution is 2.31.